The lowest BCUT2D eigenvalue weighted by Gasteiger charge is -2.23. The van der Waals surface area contributed by atoms with Crippen molar-refractivity contribution in [1.82, 2.24) is 9.71 Å². The summed E-state index contributed by atoms with van der Waals surface area (Å²) in [6, 6.07) is 6.08. The highest BCUT2D eigenvalue weighted by molar-refractivity contribution is 7.89. The monoisotopic (exact) mass is 297 g/mol. The molecule has 19 heavy (non-hydrogen) atoms. The molecular formula is C12H15N3O2S2. The van der Waals surface area contributed by atoms with E-state index in [1.165, 1.54) is 23.5 Å². The van der Waals surface area contributed by atoms with Gasteiger partial charge in [0.2, 0.25) is 10.0 Å². The van der Waals surface area contributed by atoms with E-state index in [9.17, 15) is 8.42 Å². The number of nitrogen functional groups attached to an aromatic ring is 1. The predicted octanol–water partition coefficient (Wildman–Crippen LogP) is 1.94. The second kappa shape index (κ2) is 4.92. The van der Waals surface area contributed by atoms with Crippen LogP contribution < -0.4 is 10.5 Å². The summed E-state index contributed by atoms with van der Waals surface area (Å²) in [7, 11) is -3.60. The molecule has 0 saturated heterocycles. The summed E-state index contributed by atoms with van der Waals surface area (Å²) in [5.41, 5.74) is 5.32. The van der Waals surface area contributed by atoms with Gasteiger partial charge in [0, 0.05) is 17.3 Å². The Hall–Kier alpha value is -1.44. The largest absolute Gasteiger partial charge is 0.399 e. The summed E-state index contributed by atoms with van der Waals surface area (Å²) in [5, 5.41) is 2.53. The second-order valence-electron chi connectivity index (χ2n) is 4.64. The maximum Gasteiger partial charge on any atom is 0.241 e. The fourth-order valence-corrected chi connectivity index (χ4v) is 3.78. The molecule has 0 aliphatic heterocycles. The molecule has 0 radical (unpaired) electrons. The van der Waals surface area contributed by atoms with E-state index in [1.807, 2.05) is 5.38 Å². The summed E-state index contributed by atoms with van der Waals surface area (Å²) >= 11 is 1.41. The second-order valence-corrected chi connectivity index (χ2v) is 7.21. The summed E-state index contributed by atoms with van der Waals surface area (Å²) < 4.78 is 27.2. The summed E-state index contributed by atoms with van der Waals surface area (Å²) in [6.07, 6.45) is 1.65. The van der Waals surface area contributed by atoms with Gasteiger partial charge in [-0.25, -0.2) is 13.4 Å². The number of hydrogen-bond donors (Lipinski definition) is 2. The Balaban J connectivity index is 2.29. The zero-order valence-electron chi connectivity index (χ0n) is 10.6. The van der Waals surface area contributed by atoms with E-state index in [-0.39, 0.29) is 4.90 Å². The lowest BCUT2D eigenvalue weighted by molar-refractivity contribution is 0.470. The van der Waals surface area contributed by atoms with Crippen LogP contribution in [0.15, 0.2) is 40.7 Å². The molecule has 2 aromatic rings. The number of sulfonamides is 1. The van der Waals surface area contributed by atoms with Crippen molar-refractivity contribution in [3.63, 3.8) is 0 Å². The number of anilines is 1. The van der Waals surface area contributed by atoms with Crippen molar-refractivity contribution in [2.24, 2.45) is 0 Å². The van der Waals surface area contributed by atoms with E-state index in [0.29, 0.717) is 10.7 Å². The molecule has 0 unspecified atom stereocenters. The molecule has 0 bridgehead atoms. The first-order chi connectivity index (χ1) is 8.81. The van der Waals surface area contributed by atoms with Gasteiger partial charge >= 0.3 is 0 Å². The van der Waals surface area contributed by atoms with Crippen LogP contribution in [0.1, 0.15) is 18.9 Å². The van der Waals surface area contributed by atoms with E-state index in [1.54, 1.807) is 32.2 Å². The number of rotatable bonds is 4. The first-order valence-electron chi connectivity index (χ1n) is 5.61. The Labute approximate surface area is 116 Å². The van der Waals surface area contributed by atoms with Crippen molar-refractivity contribution in [2.75, 3.05) is 5.73 Å². The molecule has 5 nitrogen and oxygen atoms in total. The Morgan fingerprint density at radius 3 is 2.42 bits per heavy atom. The minimum atomic E-state index is -3.60. The van der Waals surface area contributed by atoms with Gasteiger partial charge in [0.05, 0.1) is 10.4 Å². The van der Waals surface area contributed by atoms with Gasteiger partial charge in [-0.3, -0.25) is 0 Å². The maximum atomic E-state index is 12.3. The number of thiazole rings is 1. The quantitative estimate of drug-likeness (QED) is 0.845. The Morgan fingerprint density at radius 1 is 1.26 bits per heavy atom. The third-order valence-corrected chi connectivity index (χ3v) is 5.32. The molecule has 102 valence electrons. The van der Waals surface area contributed by atoms with Crippen molar-refractivity contribution in [3.8, 4) is 0 Å². The minimum absolute atomic E-state index is 0.186. The first kappa shape index (κ1) is 14.0. The molecule has 1 aromatic heterocycles. The Bertz CT molecular complexity index is 647. The van der Waals surface area contributed by atoms with Gasteiger partial charge in [0.25, 0.3) is 0 Å². The molecule has 0 spiro atoms. The Kier molecular flexibility index (Phi) is 3.62. The minimum Gasteiger partial charge on any atom is -0.399 e. The van der Waals surface area contributed by atoms with E-state index in [4.69, 9.17) is 5.73 Å². The molecule has 1 heterocycles. The van der Waals surface area contributed by atoms with Crippen LogP contribution in [0.3, 0.4) is 0 Å². The molecular weight excluding hydrogens is 282 g/mol. The van der Waals surface area contributed by atoms with Gasteiger partial charge in [-0.2, -0.15) is 4.72 Å². The van der Waals surface area contributed by atoms with Crippen LogP contribution in [0.4, 0.5) is 5.69 Å². The van der Waals surface area contributed by atoms with Crippen LogP contribution in [0, 0.1) is 0 Å². The molecule has 2 rings (SSSR count). The number of nitrogens with one attached hydrogen (secondary N) is 1. The summed E-state index contributed by atoms with van der Waals surface area (Å²) in [5.74, 6) is 0. The zero-order valence-corrected chi connectivity index (χ0v) is 12.3. The van der Waals surface area contributed by atoms with Crippen LogP contribution in [0.2, 0.25) is 0 Å². The van der Waals surface area contributed by atoms with Gasteiger partial charge in [0.15, 0.2) is 0 Å². The van der Waals surface area contributed by atoms with Crippen LogP contribution in [-0.2, 0) is 15.6 Å². The van der Waals surface area contributed by atoms with Crippen molar-refractivity contribution >= 4 is 27.0 Å². The molecule has 0 saturated carbocycles. The topological polar surface area (TPSA) is 85.1 Å². The van der Waals surface area contributed by atoms with E-state index < -0.39 is 15.6 Å². The highest BCUT2D eigenvalue weighted by Crippen LogP contribution is 2.24. The van der Waals surface area contributed by atoms with Crippen molar-refractivity contribution in [2.45, 2.75) is 24.3 Å². The number of aromatic nitrogens is 1. The number of nitrogens with zero attached hydrogens (tertiary/aromatic N) is 1. The average molecular weight is 297 g/mol. The molecule has 0 aliphatic carbocycles. The lowest BCUT2D eigenvalue weighted by Crippen LogP contribution is -2.40. The smallest absolute Gasteiger partial charge is 0.241 e. The summed E-state index contributed by atoms with van der Waals surface area (Å²) in [4.78, 5) is 4.34. The van der Waals surface area contributed by atoms with Crippen molar-refractivity contribution < 1.29 is 8.42 Å². The van der Waals surface area contributed by atoms with Gasteiger partial charge in [0.1, 0.15) is 5.01 Å². The maximum absolute atomic E-state index is 12.3. The SMILES string of the molecule is CC(C)(NS(=O)(=O)c1ccc(N)cc1)c1nccs1. The van der Waals surface area contributed by atoms with Crippen LogP contribution in [0.5, 0.6) is 0 Å². The normalized spacial score (nSPS) is 12.5. The first-order valence-corrected chi connectivity index (χ1v) is 7.97. The fourth-order valence-electron chi connectivity index (χ4n) is 1.62. The fraction of sp³-hybridized carbons (Fsp3) is 0.250. The number of hydrogen-bond acceptors (Lipinski definition) is 5. The molecule has 0 aliphatic rings. The van der Waals surface area contributed by atoms with Gasteiger partial charge in [-0.15, -0.1) is 11.3 Å². The summed E-state index contributed by atoms with van der Waals surface area (Å²) in [6.45, 7) is 3.56. The van der Waals surface area contributed by atoms with E-state index >= 15 is 0 Å². The molecule has 3 N–H and O–H groups in total. The lowest BCUT2D eigenvalue weighted by atomic mass is 10.1. The highest BCUT2D eigenvalue weighted by Gasteiger charge is 2.29. The number of nitrogens with two attached hydrogens (primary N) is 1. The molecule has 7 heteroatoms. The standard InChI is InChI=1S/C12H15N3O2S2/c1-12(2,11-14-7-8-18-11)15-19(16,17)10-5-3-9(13)4-6-10/h3-8,15H,13H2,1-2H3. The average Bonchev–Trinajstić information content (AvgIpc) is 2.82. The van der Waals surface area contributed by atoms with Crippen LogP contribution in [-0.4, -0.2) is 13.4 Å². The van der Waals surface area contributed by atoms with Crippen molar-refractivity contribution in [1.29, 1.82) is 0 Å². The van der Waals surface area contributed by atoms with E-state index in [0.717, 1.165) is 0 Å². The molecule has 0 amide bonds. The van der Waals surface area contributed by atoms with Crippen LogP contribution >= 0.6 is 11.3 Å². The van der Waals surface area contributed by atoms with Gasteiger partial charge < -0.3 is 5.73 Å². The molecule has 1 aromatic carbocycles. The Morgan fingerprint density at radius 2 is 1.89 bits per heavy atom. The third kappa shape index (κ3) is 3.12. The number of benzene rings is 1. The zero-order chi connectivity index (χ0) is 14.1. The van der Waals surface area contributed by atoms with E-state index in [2.05, 4.69) is 9.71 Å². The van der Waals surface area contributed by atoms with Gasteiger partial charge in [-0.05, 0) is 38.1 Å². The van der Waals surface area contributed by atoms with Gasteiger partial charge in [-0.1, -0.05) is 0 Å². The molecule has 0 atom stereocenters. The predicted molar refractivity (Wildman–Crippen MR) is 76.3 cm³/mol. The third-order valence-electron chi connectivity index (χ3n) is 2.55. The highest BCUT2D eigenvalue weighted by atomic mass is 32.2. The van der Waals surface area contributed by atoms with Crippen LogP contribution in [0.25, 0.3) is 0 Å². The van der Waals surface area contributed by atoms with Crippen molar-refractivity contribution in [3.05, 3.63) is 40.8 Å². The molecule has 0 fully saturated rings.